The third kappa shape index (κ3) is 8.25. The van der Waals surface area contributed by atoms with Crippen LogP contribution in [-0.4, -0.2) is 43.6 Å². The summed E-state index contributed by atoms with van der Waals surface area (Å²) in [6.07, 6.45) is 2.63. The molecule has 0 aromatic heterocycles. The van der Waals surface area contributed by atoms with Crippen molar-refractivity contribution < 1.29 is 0 Å². The van der Waals surface area contributed by atoms with Gasteiger partial charge < -0.3 is 15.5 Å². The fourth-order valence-electron chi connectivity index (χ4n) is 3.53. The Hall–Kier alpha value is -0.820. The van der Waals surface area contributed by atoms with Gasteiger partial charge >= 0.3 is 0 Å². The number of nitrogens with one attached hydrogen (secondary N) is 2. The number of rotatable bonds is 7. The van der Waals surface area contributed by atoms with Crippen LogP contribution in [0.1, 0.15) is 44.7 Å². The van der Waals surface area contributed by atoms with E-state index in [2.05, 4.69) is 67.5 Å². The molecule has 1 aliphatic rings. The van der Waals surface area contributed by atoms with Gasteiger partial charge in [0.1, 0.15) is 0 Å². The first-order chi connectivity index (χ1) is 12.1. The van der Waals surface area contributed by atoms with Crippen LogP contribution in [0.15, 0.2) is 29.3 Å². The minimum atomic E-state index is 0. The largest absolute Gasteiger partial charge is 0.357 e. The summed E-state index contributed by atoms with van der Waals surface area (Å²) in [6, 6.07) is 8.48. The lowest BCUT2D eigenvalue weighted by atomic mass is 9.97. The molecule has 1 aromatic carbocycles. The topological polar surface area (TPSA) is 39.7 Å². The maximum atomic E-state index is 4.78. The van der Waals surface area contributed by atoms with Crippen LogP contribution in [-0.2, 0) is 6.54 Å². The van der Waals surface area contributed by atoms with Crippen molar-refractivity contribution in [3.8, 4) is 0 Å². The lowest BCUT2D eigenvalue weighted by Crippen LogP contribution is -2.45. The van der Waals surface area contributed by atoms with E-state index in [9.17, 15) is 0 Å². The maximum Gasteiger partial charge on any atom is 0.191 e. The molecule has 0 radical (unpaired) electrons. The predicted octanol–water partition coefficient (Wildman–Crippen LogP) is 4.04. The molecule has 0 spiro atoms. The standard InChI is InChI=1S/C21H36N4.HI/c1-5-22-21(24-14-20-11-7-6-9-18(20)4)23-13-19-10-8-12-25(16-19)15-17(2)3;/h6-7,9,11,17,19H,5,8,10,12-16H2,1-4H3,(H2,22,23,24);1H. The Labute approximate surface area is 177 Å². The first-order valence-electron chi connectivity index (χ1n) is 9.87. The van der Waals surface area contributed by atoms with Gasteiger partial charge in [0.05, 0.1) is 6.54 Å². The van der Waals surface area contributed by atoms with Crippen LogP contribution < -0.4 is 10.6 Å². The molecule has 148 valence electrons. The number of likely N-dealkylation sites (tertiary alicyclic amines) is 1. The highest BCUT2D eigenvalue weighted by Gasteiger charge is 2.20. The SMILES string of the molecule is CCNC(=NCc1ccccc1C)NCC1CCCN(CC(C)C)C1.I. The molecule has 2 rings (SSSR count). The molecule has 2 N–H and O–H groups in total. The minimum Gasteiger partial charge on any atom is -0.357 e. The summed E-state index contributed by atoms with van der Waals surface area (Å²) in [4.78, 5) is 7.40. The van der Waals surface area contributed by atoms with Crippen molar-refractivity contribution in [3.63, 3.8) is 0 Å². The number of piperidine rings is 1. The second kappa shape index (κ2) is 12.5. The molecular formula is C21H37IN4. The third-order valence-corrected chi connectivity index (χ3v) is 4.80. The number of benzene rings is 1. The van der Waals surface area contributed by atoms with Crippen molar-refractivity contribution in [2.75, 3.05) is 32.7 Å². The van der Waals surface area contributed by atoms with Crippen molar-refractivity contribution in [2.45, 2.75) is 47.1 Å². The molecule has 5 heteroatoms. The summed E-state index contributed by atoms with van der Waals surface area (Å²) in [5, 5.41) is 6.95. The van der Waals surface area contributed by atoms with E-state index in [1.807, 2.05) is 0 Å². The molecule has 1 saturated heterocycles. The summed E-state index contributed by atoms with van der Waals surface area (Å²) in [6.45, 7) is 15.2. The number of guanidine groups is 1. The van der Waals surface area contributed by atoms with Gasteiger partial charge in [0.15, 0.2) is 5.96 Å². The minimum absolute atomic E-state index is 0. The maximum absolute atomic E-state index is 4.78. The van der Waals surface area contributed by atoms with Crippen molar-refractivity contribution in [1.29, 1.82) is 0 Å². The molecule has 4 nitrogen and oxygen atoms in total. The molecule has 1 unspecified atom stereocenters. The Morgan fingerprint density at radius 2 is 2.04 bits per heavy atom. The molecular weight excluding hydrogens is 435 g/mol. The van der Waals surface area contributed by atoms with Gasteiger partial charge in [-0.05, 0) is 56.2 Å². The summed E-state index contributed by atoms with van der Waals surface area (Å²) in [5.41, 5.74) is 2.60. The van der Waals surface area contributed by atoms with E-state index in [-0.39, 0.29) is 24.0 Å². The van der Waals surface area contributed by atoms with E-state index < -0.39 is 0 Å². The van der Waals surface area contributed by atoms with Crippen LogP contribution in [0, 0.1) is 18.8 Å². The van der Waals surface area contributed by atoms with Crippen LogP contribution in [0.3, 0.4) is 0 Å². The highest BCUT2D eigenvalue weighted by atomic mass is 127. The molecule has 0 aliphatic carbocycles. The molecule has 0 bridgehead atoms. The predicted molar refractivity (Wildman–Crippen MR) is 123 cm³/mol. The smallest absolute Gasteiger partial charge is 0.191 e. The normalized spacial score (nSPS) is 18.5. The van der Waals surface area contributed by atoms with E-state index in [1.54, 1.807) is 0 Å². The van der Waals surface area contributed by atoms with E-state index >= 15 is 0 Å². The number of halogens is 1. The van der Waals surface area contributed by atoms with E-state index in [0.29, 0.717) is 0 Å². The van der Waals surface area contributed by atoms with Gasteiger partial charge in [0, 0.05) is 26.2 Å². The summed E-state index contributed by atoms with van der Waals surface area (Å²) in [7, 11) is 0. The number of hydrogen-bond donors (Lipinski definition) is 2. The molecule has 1 fully saturated rings. The number of aliphatic imine (C=N–C) groups is 1. The summed E-state index contributed by atoms with van der Waals surface area (Å²) >= 11 is 0. The Morgan fingerprint density at radius 1 is 1.27 bits per heavy atom. The number of nitrogens with zero attached hydrogens (tertiary/aromatic N) is 2. The zero-order valence-electron chi connectivity index (χ0n) is 16.9. The Kier molecular flexibility index (Phi) is 11.2. The quantitative estimate of drug-likeness (QED) is 0.358. The first kappa shape index (κ1) is 23.2. The van der Waals surface area contributed by atoms with Crippen LogP contribution >= 0.6 is 24.0 Å². The Balaban J connectivity index is 0.00000338. The average molecular weight is 472 g/mol. The molecule has 26 heavy (non-hydrogen) atoms. The monoisotopic (exact) mass is 472 g/mol. The lowest BCUT2D eigenvalue weighted by molar-refractivity contribution is 0.159. The molecule has 1 heterocycles. The first-order valence-corrected chi connectivity index (χ1v) is 9.87. The molecule has 1 aromatic rings. The van der Waals surface area contributed by atoms with Crippen molar-refractivity contribution in [1.82, 2.24) is 15.5 Å². The van der Waals surface area contributed by atoms with Crippen molar-refractivity contribution in [2.24, 2.45) is 16.8 Å². The fraction of sp³-hybridized carbons (Fsp3) is 0.667. The van der Waals surface area contributed by atoms with Crippen LogP contribution in [0.4, 0.5) is 0 Å². The van der Waals surface area contributed by atoms with Crippen molar-refractivity contribution in [3.05, 3.63) is 35.4 Å². The van der Waals surface area contributed by atoms with Crippen molar-refractivity contribution >= 4 is 29.9 Å². The van der Waals surface area contributed by atoms with Gasteiger partial charge in [-0.3, -0.25) is 0 Å². The second-order valence-electron chi connectivity index (χ2n) is 7.66. The highest BCUT2D eigenvalue weighted by Crippen LogP contribution is 2.16. The second-order valence-corrected chi connectivity index (χ2v) is 7.66. The zero-order valence-corrected chi connectivity index (χ0v) is 19.3. The van der Waals surface area contributed by atoms with Gasteiger partial charge in [0.2, 0.25) is 0 Å². The molecule has 0 saturated carbocycles. The van der Waals surface area contributed by atoms with E-state index in [4.69, 9.17) is 4.99 Å². The van der Waals surface area contributed by atoms with Gasteiger partial charge in [-0.2, -0.15) is 0 Å². The van der Waals surface area contributed by atoms with E-state index in [1.165, 1.54) is 43.6 Å². The molecule has 0 amide bonds. The van der Waals surface area contributed by atoms with Crippen LogP contribution in [0.5, 0.6) is 0 Å². The van der Waals surface area contributed by atoms with Gasteiger partial charge in [-0.15, -0.1) is 24.0 Å². The van der Waals surface area contributed by atoms with Gasteiger partial charge in [-0.25, -0.2) is 4.99 Å². The summed E-state index contributed by atoms with van der Waals surface area (Å²) in [5.74, 6) is 2.40. The van der Waals surface area contributed by atoms with Gasteiger partial charge in [-0.1, -0.05) is 38.1 Å². The molecule has 1 aliphatic heterocycles. The van der Waals surface area contributed by atoms with Crippen LogP contribution in [0.25, 0.3) is 0 Å². The Morgan fingerprint density at radius 3 is 2.73 bits per heavy atom. The van der Waals surface area contributed by atoms with E-state index in [0.717, 1.165) is 37.4 Å². The molecule has 1 atom stereocenters. The number of hydrogen-bond acceptors (Lipinski definition) is 2. The highest BCUT2D eigenvalue weighted by molar-refractivity contribution is 14.0. The lowest BCUT2D eigenvalue weighted by Gasteiger charge is -2.34. The third-order valence-electron chi connectivity index (χ3n) is 4.80. The zero-order chi connectivity index (χ0) is 18.1. The Bertz CT molecular complexity index is 545. The van der Waals surface area contributed by atoms with Gasteiger partial charge in [0.25, 0.3) is 0 Å². The number of aryl methyl sites for hydroxylation is 1. The van der Waals surface area contributed by atoms with Crippen LogP contribution in [0.2, 0.25) is 0 Å². The fourth-order valence-corrected chi connectivity index (χ4v) is 3.53. The summed E-state index contributed by atoms with van der Waals surface area (Å²) < 4.78 is 0. The average Bonchev–Trinajstić information content (AvgIpc) is 2.58.